The quantitative estimate of drug-likeness (QED) is 0.593. The van der Waals surface area contributed by atoms with Crippen molar-refractivity contribution >= 4 is 13.3 Å². The molecule has 0 saturated heterocycles. The third kappa shape index (κ3) is 2.14. The van der Waals surface area contributed by atoms with Gasteiger partial charge in [-0.1, -0.05) is 60.8 Å². The van der Waals surface area contributed by atoms with Gasteiger partial charge in [0.15, 0.2) is 0 Å². The van der Waals surface area contributed by atoms with Crippen molar-refractivity contribution in [3.63, 3.8) is 0 Å². The predicted octanol–water partition coefficient (Wildman–Crippen LogP) is 2.08. The van der Waals surface area contributed by atoms with Gasteiger partial charge in [-0.2, -0.15) is 0 Å². The van der Waals surface area contributed by atoms with E-state index in [0.717, 1.165) is 5.57 Å². The van der Waals surface area contributed by atoms with Crippen LogP contribution in [0.5, 0.6) is 0 Å². The molecule has 0 radical (unpaired) electrons. The first kappa shape index (κ1) is 11.2. The maximum absolute atomic E-state index is 10.1. The molecule has 0 aliphatic rings. The Labute approximate surface area is 87.1 Å². The molecule has 76 valence electrons. The van der Waals surface area contributed by atoms with Gasteiger partial charge in [-0.05, 0) is 6.92 Å². The van der Waals surface area contributed by atoms with E-state index >= 15 is 0 Å². The summed E-state index contributed by atoms with van der Waals surface area (Å²) in [6.45, 7) is 10.1. The molecule has 14 heavy (non-hydrogen) atoms. The Bertz CT molecular complexity index is 316. The lowest BCUT2D eigenvalue weighted by Gasteiger charge is -2.29. The van der Waals surface area contributed by atoms with E-state index in [2.05, 4.69) is 31.8 Å². The lowest BCUT2D eigenvalue weighted by molar-refractivity contribution is 0.281. The second-order valence-electron chi connectivity index (χ2n) is 4.34. The molecule has 0 fully saturated rings. The van der Waals surface area contributed by atoms with Gasteiger partial charge in [0.2, 0.25) is 0 Å². The van der Waals surface area contributed by atoms with Crippen LogP contribution in [0.15, 0.2) is 42.5 Å². The number of aliphatic hydroxyl groups is 1. The fourth-order valence-corrected chi connectivity index (χ4v) is 4.24. The largest absolute Gasteiger partial charge is 0.392 e. The van der Waals surface area contributed by atoms with Gasteiger partial charge in [0.1, 0.15) is 8.07 Å². The summed E-state index contributed by atoms with van der Waals surface area (Å²) in [5, 5.41) is 11.3. The highest BCUT2D eigenvalue weighted by Crippen LogP contribution is 2.14. The second-order valence-corrected chi connectivity index (χ2v) is 8.90. The van der Waals surface area contributed by atoms with Crippen LogP contribution in [0.2, 0.25) is 13.1 Å². The molecule has 0 aliphatic carbocycles. The fraction of sp³-hybridized carbons (Fsp3) is 0.333. The van der Waals surface area contributed by atoms with Crippen molar-refractivity contribution in [1.82, 2.24) is 0 Å². The van der Waals surface area contributed by atoms with Crippen molar-refractivity contribution < 1.29 is 5.11 Å². The van der Waals surface area contributed by atoms with Crippen molar-refractivity contribution in [2.24, 2.45) is 0 Å². The SMILES string of the molecule is C=C(C)C(O)[Si](C)(C)c1ccccc1. The number of aliphatic hydroxyl groups excluding tert-OH is 1. The minimum atomic E-state index is -1.79. The van der Waals surface area contributed by atoms with Gasteiger partial charge in [0.05, 0.1) is 5.73 Å². The van der Waals surface area contributed by atoms with Gasteiger partial charge in [0, 0.05) is 0 Å². The van der Waals surface area contributed by atoms with Crippen LogP contribution in [0.4, 0.5) is 0 Å². The monoisotopic (exact) mass is 206 g/mol. The van der Waals surface area contributed by atoms with Gasteiger partial charge in [0.25, 0.3) is 0 Å². The second kappa shape index (κ2) is 4.11. The molecule has 0 aromatic heterocycles. The van der Waals surface area contributed by atoms with Gasteiger partial charge in [-0.15, -0.1) is 0 Å². The predicted molar refractivity (Wildman–Crippen MR) is 64.4 cm³/mol. The van der Waals surface area contributed by atoms with Crippen LogP contribution in [0.3, 0.4) is 0 Å². The highest BCUT2D eigenvalue weighted by Gasteiger charge is 2.32. The first-order valence-corrected chi connectivity index (χ1v) is 7.93. The van der Waals surface area contributed by atoms with Crippen molar-refractivity contribution in [3.8, 4) is 0 Å². The lowest BCUT2D eigenvalue weighted by atomic mass is 10.4. The summed E-state index contributed by atoms with van der Waals surface area (Å²) in [7, 11) is -1.79. The Morgan fingerprint density at radius 1 is 1.29 bits per heavy atom. The van der Waals surface area contributed by atoms with Crippen molar-refractivity contribution in [3.05, 3.63) is 42.5 Å². The van der Waals surface area contributed by atoms with Crippen LogP contribution in [0.1, 0.15) is 6.92 Å². The third-order valence-electron chi connectivity index (χ3n) is 2.67. The standard InChI is InChI=1S/C12H18OSi/c1-10(2)12(13)14(3,4)11-8-6-5-7-9-11/h5-9,12-13H,1H2,2-4H3. The Morgan fingerprint density at radius 2 is 1.79 bits per heavy atom. The van der Waals surface area contributed by atoms with E-state index < -0.39 is 8.07 Å². The topological polar surface area (TPSA) is 20.2 Å². The molecule has 0 spiro atoms. The molecular weight excluding hydrogens is 188 g/mol. The Hall–Kier alpha value is -0.863. The van der Waals surface area contributed by atoms with E-state index in [9.17, 15) is 5.11 Å². The molecule has 1 rings (SSSR count). The Balaban J connectivity index is 3.02. The van der Waals surface area contributed by atoms with Crippen molar-refractivity contribution in [1.29, 1.82) is 0 Å². The Kier molecular flexibility index (Phi) is 3.29. The fourth-order valence-electron chi connectivity index (χ4n) is 1.64. The zero-order valence-electron chi connectivity index (χ0n) is 9.12. The van der Waals surface area contributed by atoms with E-state index in [1.165, 1.54) is 5.19 Å². The van der Waals surface area contributed by atoms with Gasteiger partial charge >= 0.3 is 0 Å². The maximum Gasteiger partial charge on any atom is 0.118 e. The van der Waals surface area contributed by atoms with E-state index in [0.29, 0.717) is 0 Å². The molecule has 0 bridgehead atoms. The van der Waals surface area contributed by atoms with Crippen LogP contribution in [-0.4, -0.2) is 18.9 Å². The molecule has 0 amide bonds. The number of rotatable bonds is 3. The smallest absolute Gasteiger partial charge is 0.118 e. The normalized spacial score (nSPS) is 13.7. The Morgan fingerprint density at radius 3 is 2.21 bits per heavy atom. The van der Waals surface area contributed by atoms with Gasteiger partial charge in [-0.3, -0.25) is 0 Å². The summed E-state index contributed by atoms with van der Waals surface area (Å²) in [6.07, 6.45) is 0. The molecular formula is C12H18OSi. The van der Waals surface area contributed by atoms with Crippen molar-refractivity contribution in [2.45, 2.75) is 25.7 Å². The van der Waals surface area contributed by atoms with Gasteiger partial charge < -0.3 is 5.11 Å². The summed E-state index contributed by atoms with van der Waals surface area (Å²) in [4.78, 5) is 0. The summed E-state index contributed by atoms with van der Waals surface area (Å²) in [5.41, 5.74) is 0.510. The summed E-state index contributed by atoms with van der Waals surface area (Å²) < 4.78 is 0. The van der Waals surface area contributed by atoms with Crippen LogP contribution in [0, 0.1) is 0 Å². The number of benzene rings is 1. The molecule has 1 unspecified atom stereocenters. The van der Waals surface area contributed by atoms with Gasteiger partial charge in [-0.25, -0.2) is 0 Å². The highest BCUT2D eigenvalue weighted by molar-refractivity contribution is 6.91. The maximum atomic E-state index is 10.1. The molecule has 1 aromatic rings. The molecule has 0 saturated carbocycles. The van der Waals surface area contributed by atoms with Crippen molar-refractivity contribution in [2.75, 3.05) is 0 Å². The first-order chi connectivity index (χ1) is 6.46. The van der Waals surface area contributed by atoms with Crippen LogP contribution in [0.25, 0.3) is 0 Å². The average molecular weight is 206 g/mol. The summed E-state index contributed by atoms with van der Waals surface area (Å²) in [5.74, 6) is 0. The van der Waals surface area contributed by atoms with Crippen LogP contribution >= 0.6 is 0 Å². The molecule has 1 aromatic carbocycles. The van der Waals surface area contributed by atoms with E-state index in [1.54, 1.807) is 0 Å². The zero-order valence-corrected chi connectivity index (χ0v) is 10.1. The summed E-state index contributed by atoms with van der Waals surface area (Å²) >= 11 is 0. The average Bonchev–Trinajstić information content (AvgIpc) is 2.18. The zero-order chi connectivity index (χ0) is 10.8. The molecule has 1 atom stereocenters. The first-order valence-electron chi connectivity index (χ1n) is 4.85. The highest BCUT2D eigenvalue weighted by atomic mass is 28.3. The van der Waals surface area contributed by atoms with E-state index in [1.807, 2.05) is 25.1 Å². The molecule has 0 aliphatic heterocycles. The number of hydrogen-bond acceptors (Lipinski definition) is 1. The lowest BCUT2D eigenvalue weighted by Crippen LogP contribution is -2.53. The van der Waals surface area contributed by atoms with Crippen LogP contribution < -0.4 is 5.19 Å². The molecule has 0 heterocycles. The molecule has 2 heteroatoms. The van der Waals surface area contributed by atoms with Crippen LogP contribution in [-0.2, 0) is 0 Å². The summed E-state index contributed by atoms with van der Waals surface area (Å²) in [6, 6.07) is 10.2. The van der Waals surface area contributed by atoms with E-state index in [-0.39, 0.29) is 5.73 Å². The van der Waals surface area contributed by atoms with E-state index in [4.69, 9.17) is 0 Å². The number of hydrogen-bond donors (Lipinski definition) is 1. The molecule has 1 nitrogen and oxygen atoms in total. The minimum absolute atomic E-state index is 0.357. The molecule has 1 N–H and O–H groups in total. The third-order valence-corrected chi connectivity index (χ3v) is 6.35. The minimum Gasteiger partial charge on any atom is -0.392 e.